The maximum Gasteiger partial charge on any atom is 0.229 e. The van der Waals surface area contributed by atoms with Crippen molar-refractivity contribution in [3.63, 3.8) is 0 Å². The lowest BCUT2D eigenvalue weighted by molar-refractivity contribution is 0.565. The monoisotopic (exact) mass is 559 g/mol. The molecule has 9 heteroatoms. The van der Waals surface area contributed by atoms with Crippen molar-refractivity contribution in [3.05, 3.63) is 107 Å². The van der Waals surface area contributed by atoms with E-state index in [0.29, 0.717) is 10.8 Å². The van der Waals surface area contributed by atoms with Gasteiger partial charge in [-0.2, -0.15) is 0 Å². The number of pyridine rings is 1. The molecule has 7 nitrogen and oxygen atoms in total. The van der Waals surface area contributed by atoms with Crippen LogP contribution in [0.5, 0.6) is 0 Å². The molecule has 0 saturated carbocycles. The molecule has 0 bridgehead atoms. The van der Waals surface area contributed by atoms with Gasteiger partial charge < -0.3 is 14.8 Å². The van der Waals surface area contributed by atoms with Crippen molar-refractivity contribution in [2.75, 3.05) is 15.9 Å². The normalized spacial score (nSPS) is 17.4. The smallest absolute Gasteiger partial charge is 0.229 e. The summed E-state index contributed by atoms with van der Waals surface area (Å²) in [4.78, 5) is 6.80. The minimum Gasteiger partial charge on any atom is -0.351 e. The molecule has 1 saturated heterocycles. The van der Waals surface area contributed by atoms with Gasteiger partial charge >= 0.3 is 0 Å². The van der Waals surface area contributed by atoms with E-state index in [1.807, 2.05) is 37.3 Å². The Bertz CT molecular complexity index is 1630. The lowest BCUT2D eigenvalue weighted by Crippen LogP contribution is -2.29. The van der Waals surface area contributed by atoms with Crippen molar-refractivity contribution in [2.24, 2.45) is 0 Å². The molecule has 1 fully saturated rings. The zero-order chi connectivity index (χ0) is 27.9. The first-order chi connectivity index (χ1) is 18.6. The van der Waals surface area contributed by atoms with Crippen LogP contribution >= 0.6 is 12.2 Å². The molecule has 2 aromatic heterocycles. The number of sulfonamides is 1. The number of benzene rings is 2. The van der Waals surface area contributed by atoms with Crippen molar-refractivity contribution in [1.82, 2.24) is 14.9 Å². The van der Waals surface area contributed by atoms with Gasteiger partial charge in [-0.15, -0.1) is 0 Å². The van der Waals surface area contributed by atoms with Crippen molar-refractivity contribution in [1.29, 1.82) is 0 Å². The number of aromatic nitrogens is 2. The molecule has 0 spiro atoms. The van der Waals surface area contributed by atoms with E-state index >= 15 is 0 Å². The third kappa shape index (κ3) is 5.29. The highest BCUT2D eigenvalue weighted by molar-refractivity contribution is 7.92. The number of nitrogens with zero attached hydrogens (tertiary/aromatic N) is 3. The van der Waals surface area contributed by atoms with Gasteiger partial charge in [-0.1, -0.05) is 25.1 Å². The second-order valence-corrected chi connectivity index (χ2v) is 12.2. The third-order valence-electron chi connectivity index (χ3n) is 7.27. The Hall–Kier alpha value is -3.69. The van der Waals surface area contributed by atoms with Gasteiger partial charge in [0.05, 0.1) is 29.7 Å². The first kappa shape index (κ1) is 26.9. The SMILES string of the molecule is CCc1ccc(-n2c(C)cc([C@@H]3[C@H](c4ccccn4)NC(=S)N3c3ccc(NS(C)(=O)=O)c(C)c3)c2C)cc1. The molecule has 0 radical (unpaired) electrons. The van der Waals surface area contributed by atoms with Gasteiger partial charge in [0.2, 0.25) is 10.0 Å². The maximum atomic E-state index is 11.8. The van der Waals surface area contributed by atoms with Crippen LogP contribution in [0, 0.1) is 20.8 Å². The van der Waals surface area contributed by atoms with Crippen LogP contribution in [0.25, 0.3) is 5.69 Å². The Labute approximate surface area is 235 Å². The van der Waals surface area contributed by atoms with Crippen LogP contribution in [0.4, 0.5) is 11.4 Å². The van der Waals surface area contributed by atoms with E-state index in [0.717, 1.165) is 52.3 Å². The summed E-state index contributed by atoms with van der Waals surface area (Å²) in [7, 11) is -3.39. The molecule has 2 atom stereocenters. The van der Waals surface area contributed by atoms with E-state index in [-0.39, 0.29) is 12.1 Å². The quantitative estimate of drug-likeness (QED) is 0.274. The molecular formula is C30H33N5O2S2. The molecule has 39 heavy (non-hydrogen) atoms. The molecule has 1 aliphatic heterocycles. The van der Waals surface area contributed by atoms with E-state index in [1.54, 1.807) is 12.3 Å². The first-order valence-electron chi connectivity index (χ1n) is 12.9. The summed E-state index contributed by atoms with van der Waals surface area (Å²) < 4.78 is 28.6. The Morgan fingerprint density at radius 1 is 1.00 bits per heavy atom. The molecule has 0 aliphatic carbocycles. The summed E-state index contributed by atoms with van der Waals surface area (Å²) in [6.07, 6.45) is 3.95. The third-order valence-corrected chi connectivity index (χ3v) is 8.18. The van der Waals surface area contributed by atoms with Gasteiger partial charge in [-0.3, -0.25) is 9.71 Å². The topological polar surface area (TPSA) is 79.3 Å². The average molecular weight is 560 g/mol. The molecular weight excluding hydrogens is 526 g/mol. The number of thiocarbonyl (C=S) groups is 1. The summed E-state index contributed by atoms with van der Waals surface area (Å²) in [6, 6.07) is 22.2. The highest BCUT2D eigenvalue weighted by Gasteiger charge is 2.42. The maximum absolute atomic E-state index is 11.8. The van der Waals surface area contributed by atoms with Gasteiger partial charge in [-0.05, 0) is 105 Å². The highest BCUT2D eigenvalue weighted by Crippen LogP contribution is 2.44. The summed E-state index contributed by atoms with van der Waals surface area (Å²) >= 11 is 5.91. The lowest BCUT2D eigenvalue weighted by Gasteiger charge is -2.29. The van der Waals surface area contributed by atoms with Crippen LogP contribution in [0.1, 0.15) is 52.8 Å². The van der Waals surface area contributed by atoms with Crippen molar-refractivity contribution in [3.8, 4) is 5.69 Å². The zero-order valence-corrected chi connectivity index (χ0v) is 24.4. The van der Waals surface area contributed by atoms with Crippen LogP contribution in [-0.4, -0.2) is 29.3 Å². The second-order valence-electron chi connectivity index (χ2n) is 10.1. The molecule has 5 rings (SSSR count). The van der Waals surface area contributed by atoms with Crippen molar-refractivity contribution >= 4 is 38.7 Å². The Morgan fingerprint density at radius 2 is 1.72 bits per heavy atom. The van der Waals surface area contributed by atoms with E-state index in [9.17, 15) is 8.42 Å². The zero-order valence-electron chi connectivity index (χ0n) is 22.8. The molecule has 0 amide bonds. The fourth-order valence-corrected chi connectivity index (χ4v) is 6.40. The van der Waals surface area contributed by atoms with Gasteiger partial charge in [0.25, 0.3) is 0 Å². The summed E-state index contributed by atoms with van der Waals surface area (Å²) in [6.45, 7) is 8.32. The molecule has 2 aromatic carbocycles. The van der Waals surface area contributed by atoms with Crippen LogP contribution < -0.4 is 14.9 Å². The molecule has 0 unspecified atom stereocenters. The highest BCUT2D eigenvalue weighted by atomic mass is 32.2. The van der Waals surface area contributed by atoms with E-state index in [1.165, 1.54) is 5.56 Å². The number of anilines is 2. The van der Waals surface area contributed by atoms with Gasteiger partial charge in [-0.25, -0.2) is 8.42 Å². The van der Waals surface area contributed by atoms with Crippen LogP contribution in [0.2, 0.25) is 0 Å². The van der Waals surface area contributed by atoms with Gasteiger partial charge in [0.15, 0.2) is 5.11 Å². The number of rotatable bonds is 7. The Morgan fingerprint density at radius 3 is 2.33 bits per heavy atom. The summed E-state index contributed by atoms with van der Waals surface area (Å²) in [5.74, 6) is 0. The van der Waals surface area contributed by atoms with E-state index < -0.39 is 10.0 Å². The number of hydrogen-bond acceptors (Lipinski definition) is 4. The van der Waals surface area contributed by atoms with E-state index in [4.69, 9.17) is 12.2 Å². The van der Waals surface area contributed by atoms with Crippen molar-refractivity contribution < 1.29 is 8.42 Å². The molecule has 2 N–H and O–H groups in total. The number of nitrogens with one attached hydrogen (secondary N) is 2. The van der Waals surface area contributed by atoms with Gasteiger partial charge in [0, 0.05) is 29.0 Å². The standard InChI is InChI=1S/C30H33N5O2S2/c1-6-22-10-12-23(13-11-22)34-20(3)18-25(21(34)4)29-28(27-9-7-8-16-31-27)32-30(38)35(29)24-14-15-26(19(2)17-24)33-39(5,36)37/h7-18,28-29,33H,6H2,1-5H3,(H,32,38)/t28-,29+/m0/s1. The fourth-order valence-electron chi connectivity index (χ4n) is 5.43. The first-order valence-corrected chi connectivity index (χ1v) is 15.2. The molecule has 202 valence electrons. The average Bonchev–Trinajstić information content (AvgIpc) is 3.40. The van der Waals surface area contributed by atoms with E-state index in [2.05, 4.69) is 75.6 Å². The van der Waals surface area contributed by atoms with Crippen LogP contribution in [-0.2, 0) is 16.4 Å². The minimum atomic E-state index is -3.39. The molecule has 3 heterocycles. The number of aryl methyl sites for hydroxylation is 3. The largest absolute Gasteiger partial charge is 0.351 e. The predicted octanol–water partition coefficient (Wildman–Crippen LogP) is 5.91. The fraction of sp³-hybridized carbons (Fsp3) is 0.267. The predicted molar refractivity (Wildman–Crippen MR) is 162 cm³/mol. The van der Waals surface area contributed by atoms with Crippen LogP contribution in [0.3, 0.4) is 0 Å². The van der Waals surface area contributed by atoms with Gasteiger partial charge in [0.1, 0.15) is 0 Å². The van der Waals surface area contributed by atoms with Crippen LogP contribution in [0.15, 0.2) is 72.9 Å². The summed E-state index contributed by atoms with van der Waals surface area (Å²) in [5, 5.41) is 4.12. The molecule has 1 aliphatic rings. The Balaban J connectivity index is 1.63. The molecule has 4 aromatic rings. The second kappa shape index (κ2) is 10.5. The Kier molecular flexibility index (Phi) is 7.22. The lowest BCUT2D eigenvalue weighted by atomic mass is 9.96. The minimum absolute atomic E-state index is 0.171. The number of hydrogen-bond donors (Lipinski definition) is 2. The summed E-state index contributed by atoms with van der Waals surface area (Å²) in [5.41, 5.74) is 8.96. The van der Waals surface area contributed by atoms with Crippen molar-refractivity contribution in [2.45, 2.75) is 46.2 Å².